The van der Waals surface area contributed by atoms with E-state index in [0.717, 1.165) is 70.6 Å². The Labute approximate surface area is 183 Å². The van der Waals surface area contributed by atoms with Crippen LogP contribution in [0.25, 0.3) is 0 Å². The van der Waals surface area contributed by atoms with E-state index in [4.69, 9.17) is 4.74 Å². The van der Waals surface area contributed by atoms with Crippen molar-refractivity contribution in [3.63, 3.8) is 0 Å². The first-order valence-corrected chi connectivity index (χ1v) is 11.4. The molecule has 0 aromatic heterocycles. The highest BCUT2D eigenvalue weighted by Crippen LogP contribution is 2.35. The third-order valence-electron chi connectivity index (χ3n) is 6.55. The lowest BCUT2D eigenvalue weighted by atomic mass is 9.98. The van der Waals surface area contributed by atoms with E-state index in [1.54, 1.807) is 0 Å². The molecule has 1 aromatic carbocycles. The zero-order chi connectivity index (χ0) is 21.7. The van der Waals surface area contributed by atoms with Gasteiger partial charge in [0, 0.05) is 38.3 Å². The molecule has 3 aliphatic rings. The van der Waals surface area contributed by atoms with Gasteiger partial charge < -0.3 is 15.4 Å². The summed E-state index contributed by atoms with van der Waals surface area (Å²) in [6.45, 7) is 4.88. The number of amides is 4. The summed E-state index contributed by atoms with van der Waals surface area (Å²) >= 11 is 0. The lowest BCUT2D eigenvalue weighted by Gasteiger charge is -2.26. The Morgan fingerprint density at radius 3 is 2.48 bits per heavy atom. The largest absolute Gasteiger partial charge is 0.379 e. The Kier molecular flexibility index (Phi) is 6.87. The van der Waals surface area contributed by atoms with Crippen molar-refractivity contribution in [3.05, 3.63) is 29.8 Å². The first-order chi connectivity index (χ1) is 15.1. The molecule has 0 bridgehead atoms. The quantitative estimate of drug-likeness (QED) is 0.619. The van der Waals surface area contributed by atoms with Gasteiger partial charge in [-0.3, -0.25) is 19.4 Å². The summed E-state index contributed by atoms with van der Waals surface area (Å²) in [7, 11) is 0. The first-order valence-electron chi connectivity index (χ1n) is 11.4. The Hall–Kier alpha value is -2.45. The van der Waals surface area contributed by atoms with Crippen LogP contribution in [0.3, 0.4) is 0 Å². The molecular formula is C23H32N4O4. The van der Waals surface area contributed by atoms with Crippen molar-refractivity contribution in [1.82, 2.24) is 15.1 Å². The molecule has 2 N–H and O–H groups in total. The van der Waals surface area contributed by atoms with Crippen molar-refractivity contribution < 1.29 is 19.1 Å². The lowest BCUT2D eigenvalue weighted by Crippen LogP contribution is -2.44. The zero-order valence-electron chi connectivity index (χ0n) is 18.0. The summed E-state index contributed by atoms with van der Waals surface area (Å²) in [4.78, 5) is 40.8. The summed E-state index contributed by atoms with van der Waals surface area (Å²) in [5.41, 5.74) is 1.33. The predicted octanol–water partition coefficient (Wildman–Crippen LogP) is 2.14. The number of urea groups is 1. The van der Waals surface area contributed by atoms with Gasteiger partial charge in [-0.15, -0.1) is 0 Å². The van der Waals surface area contributed by atoms with E-state index >= 15 is 0 Å². The topological polar surface area (TPSA) is 91.0 Å². The van der Waals surface area contributed by atoms with Gasteiger partial charge in [-0.1, -0.05) is 25.0 Å². The molecule has 31 heavy (non-hydrogen) atoms. The highest BCUT2D eigenvalue weighted by atomic mass is 16.5. The van der Waals surface area contributed by atoms with E-state index in [0.29, 0.717) is 6.42 Å². The van der Waals surface area contributed by atoms with Crippen molar-refractivity contribution in [1.29, 1.82) is 0 Å². The molecule has 0 unspecified atom stereocenters. The van der Waals surface area contributed by atoms with Crippen LogP contribution >= 0.6 is 0 Å². The fraction of sp³-hybridized carbons (Fsp3) is 0.609. The SMILES string of the molecule is O=C(CCCN1C(=O)NC2(CCCC2)C1=O)Nc1ccc(CCN2CCOCC2)cc1. The number of hydrogen-bond donors (Lipinski definition) is 2. The standard InChI is InChI=1S/C23H32N4O4/c28-20(4-3-12-27-21(29)23(25-22(27)30)10-1-2-11-23)24-19-7-5-18(6-8-19)9-13-26-14-16-31-17-15-26/h5-8H,1-4,9-17H2,(H,24,28)(H,25,30). The van der Waals surface area contributed by atoms with Crippen LogP contribution in [-0.2, 0) is 20.7 Å². The minimum absolute atomic E-state index is 0.108. The van der Waals surface area contributed by atoms with Crippen molar-refractivity contribution >= 4 is 23.5 Å². The second kappa shape index (κ2) is 9.78. The number of hydrogen-bond acceptors (Lipinski definition) is 5. The molecule has 8 heteroatoms. The Morgan fingerprint density at radius 2 is 1.77 bits per heavy atom. The molecule has 4 amide bonds. The monoisotopic (exact) mass is 428 g/mol. The van der Waals surface area contributed by atoms with E-state index < -0.39 is 5.54 Å². The maximum Gasteiger partial charge on any atom is 0.325 e. The van der Waals surface area contributed by atoms with Crippen molar-refractivity contribution in [2.75, 3.05) is 44.7 Å². The summed E-state index contributed by atoms with van der Waals surface area (Å²) in [6.07, 6.45) is 5.07. The minimum atomic E-state index is -0.678. The fourth-order valence-electron chi connectivity index (χ4n) is 4.68. The van der Waals surface area contributed by atoms with Crippen LogP contribution in [-0.4, -0.2) is 72.6 Å². The summed E-state index contributed by atoms with van der Waals surface area (Å²) in [5.74, 6) is -0.230. The van der Waals surface area contributed by atoms with E-state index in [9.17, 15) is 14.4 Å². The molecule has 1 spiro atoms. The number of carbonyl (C=O) groups is 3. The summed E-state index contributed by atoms with van der Waals surface area (Å²) in [5, 5.41) is 5.77. The van der Waals surface area contributed by atoms with Crippen molar-refractivity contribution in [2.45, 2.75) is 50.5 Å². The minimum Gasteiger partial charge on any atom is -0.379 e. The molecular weight excluding hydrogens is 396 g/mol. The van der Waals surface area contributed by atoms with Gasteiger partial charge in [0.25, 0.3) is 5.91 Å². The molecule has 1 saturated carbocycles. The fourth-order valence-corrected chi connectivity index (χ4v) is 4.68. The summed E-state index contributed by atoms with van der Waals surface area (Å²) < 4.78 is 5.37. The maximum absolute atomic E-state index is 12.6. The van der Waals surface area contributed by atoms with E-state index in [1.165, 1.54) is 10.5 Å². The second-order valence-electron chi connectivity index (χ2n) is 8.73. The normalized spacial score (nSPS) is 21.0. The number of benzene rings is 1. The van der Waals surface area contributed by atoms with Gasteiger partial charge in [0.1, 0.15) is 5.54 Å². The van der Waals surface area contributed by atoms with Gasteiger partial charge >= 0.3 is 6.03 Å². The van der Waals surface area contributed by atoms with Crippen LogP contribution < -0.4 is 10.6 Å². The summed E-state index contributed by atoms with van der Waals surface area (Å²) in [6, 6.07) is 7.62. The van der Waals surface area contributed by atoms with Gasteiger partial charge in [-0.2, -0.15) is 0 Å². The number of nitrogens with one attached hydrogen (secondary N) is 2. The highest BCUT2D eigenvalue weighted by molar-refractivity contribution is 6.07. The first kappa shape index (κ1) is 21.8. The number of rotatable bonds is 8. The molecule has 0 radical (unpaired) electrons. The molecule has 168 valence electrons. The van der Waals surface area contributed by atoms with Crippen molar-refractivity contribution in [3.8, 4) is 0 Å². The molecule has 2 aliphatic heterocycles. The van der Waals surface area contributed by atoms with Crippen LogP contribution in [0.15, 0.2) is 24.3 Å². The second-order valence-corrected chi connectivity index (χ2v) is 8.73. The highest BCUT2D eigenvalue weighted by Gasteiger charge is 2.52. The number of carbonyl (C=O) groups excluding carboxylic acids is 3. The zero-order valence-corrected chi connectivity index (χ0v) is 18.0. The van der Waals surface area contributed by atoms with Gasteiger partial charge in [0.05, 0.1) is 13.2 Å². The maximum atomic E-state index is 12.6. The van der Waals surface area contributed by atoms with E-state index in [1.807, 2.05) is 24.3 Å². The molecule has 1 aliphatic carbocycles. The third kappa shape index (κ3) is 5.25. The Morgan fingerprint density at radius 1 is 1.06 bits per heavy atom. The number of morpholine rings is 1. The molecule has 8 nitrogen and oxygen atoms in total. The molecule has 2 saturated heterocycles. The van der Waals surface area contributed by atoms with E-state index in [-0.39, 0.29) is 30.8 Å². The van der Waals surface area contributed by atoms with Gasteiger partial charge in [-0.25, -0.2) is 4.79 Å². The predicted molar refractivity (Wildman–Crippen MR) is 117 cm³/mol. The van der Waals surface area contributed by atoms with Gasteiger partial charge in [-0.05, 0) is 43.4 Å². The smallest absolute Gasteiger partial charge is 0.325 e. The van der Waals surface area contributed by atoms with Crippen LogP contribution in [0.4, 0.5) is 10.5 Å². The average molecular weight is 429 g/mol. The Balaban J connectivity index is 1.18. The number of nitrogens with zero attached hydrogens (tertiary/aromatic N) is 2. The molecule has 4 rings (SSSR count). The third-order valence-corrected chi connectivity index (χ3v) is 6.55. The van der Waals surface area contributed by atoms with Gasteiger partial charge in [0.2, 0.25) is 5.91 Å². The Bertz CT molecular complexity index is 798. The van der Waals surface area contributed by atoms with E-state index in [2.05, 4.69) is 15.5 Å². The lowest BCUT2D eigenvalue weighted by molar-refractivity contribution is -0.131. The van der Waals surface area contributed by atoms with Crippen LogP contribution in [0.5, 0.6) is 0 Å². The number of imide groups is 1. The van der Waals surface area contributed by atoms with Crippen LogP contribution in [0, 0.1) is 0 Å². The van der Waals surface area contributed by atoms with Crippen LogP contribution in [0.2, 0.25) is 0 Å². The molecule has 0 atom stereocenters. The number of ether oxygens (including phenoxy) is 1. The molecule has 2 heterocycles. The van der Waals surface area contributed by atoms with Crippen LogP contribution in [0.1, 0.15) is 44.1 Å². The molecule has 3 fully saturated rings. The average Bonchev–Trinajstić information content (AvgIpc) is 3.34. The number of anilines is 1. The molecule has 1 aromatic rings. The van der Waals surface area contributed by atoms with Gasteiger partial charge in [0.15, 0.2) is 0 Å². The van der Waals surface area contributed by atoms with Crippen molar-refractivity contribution in [2.24, 2.45) is 0 Å².